The number of aliphatic hydroxyl groups is 1. The van der Waals surface area contributed by atoms with Gasteiger partial charge in [-0.2, -0.15) is 0 Å². The predicted molar refractivity (Wildman–Crippen MR) is 219 cm³/mol. The molecule has 324 valence electrons. The Balaban J connectivity index is 0.899. The first kappa shape index (κ1) is 41.6. The Labute approximate surface area is 357 Å². The molecule has 10 aliphatic rings. The Bertz CT molecular complexity index is 1730. The summed E-state index contributed by atoms with van der Waals surface area (Å²) < 4.78 is 60.7. The lowest BCUT2D eigenvalue weighted by molar-refractivity contribution is -0.292. The number of methoxy groups -OCH3 is 1. The zero-order valence-electron chi connectivity index (χ0n) is 34.3. The van der Waals surface area contributed by atoms with Crippen LogP contribution in [0, 0.1) is 11.8 Å². The molecule has 10 heterocycles. The van der Waals surface area contributed by atoms with Gasteiger partial charge in [0.25, 0.3) is 0 Å². The van der Waals surface area contributed by atoms with Crippen molar-refractivity contribution in [2.75, 3.05) is 12.9 Å². The minimum atomic E-state index is -0.789. The number of benzene rings is 1. The SMILES string of the molecule is C=C1C[C@@H]2CC[C@@]34C[C@@H]5O[C@@H]6C(O[C@H]7CC[C@H](CC(=O)C[C@@H]8[C@@H](OC)[C@@H](C[C@H](O)CSc9ccc(Cl)cc9)O[C@H]8C[C@H]8O[C@@H](CC[C@@H]1O2)C[C@@H](C)C8=C)O[C@@H]7[C@@H]6O3)[C@H]5O4. The van der Waals surface area contributed by atoms with E-state index in [1.807, 2.05) is 24.3 Å². The van der Waals surface area contributed by atoms with Crippen LogP contribution in [-0.2, 0) is 47.4 Å². The first-order valence-electron chi connectivity index (χ1n) is 22.3. The number of ether oxygens (including phenoxy) is 9. The number of ketones is 1. The van der Waals surface area contributed by atoms with Crippen molar-refractivity contribution < 1.29 is 52.5 Å². The molecule has 1 spiro atoms. The second kappa shape index (κ2) is 17.0. The fraction of sp³-hybridized carbons (Fsp3) is 0.761. The molecule has 10 aliphatic heterocycles. The van der Waals surface area contributed by atoms with E-state index in [0.717, 1.165) is 61.0 Å². The second-order valence-electron chi connectivity index (χ2n) is 19.0. The maximum atomic E-state index is 14.3. The summed E-state index contributed by atoms with van der Waals surface area (Å²) in [6.07, 6.45) is 4.79. The number of Topliss-reactive ketones (excluding diaryl/α,β-unsaturated/α-hetero) is 1. The van der Waals surface area contributed by atoms with Crippen molar-refractivity contribution in [2.45, 2.75) is 199 Å². The van der Waals surface area contributed by atoms with E-state index >= 15 is 0 Å². The summed E-state index contributed by atoms with van der Waals surface area (Å²) in [6.45, 7) is 11.2. The van der Waals surface area contributed by atoms with Gasteiger partial charge >= 0.3 is 0 Å². The second-order valence-corrected chi connectivity index (χ2v) is 20.5. The van der Waals surface area contributed by atoms with Crippen LogP contribution < -0.4 is 0 Å². The molecule has 1 aromatic carbocycles. The van der Waals surface area contributed by atoms with Crippen molar-refractivity contribution in [3.63, 3.8) is 0 Å². The summed E-state index contributed by atoms with van der Waals surface area (Å²) >= 11 is 7.68. The zero-order chi connectivity index (χ0) is 40.6. The van der Waals surface area contributed by atoms with Gasteiger partial charge in [-0.1, -0.05) is 31.7 Å². The molecule has 11 rings (SSSR count). The molecule has 12 bridgehead atoms. The van der Waals surface area contributed by atoms with Crippen molar-refractivity contribution in [3.05, 3.63) is 53.6 Å². The quantitative estimate of drug-likeness (QED) is 0.236. The molecule has 0 radical (unpaired) electrons. The van der Waals surface area contributed by atoms with E-state index in [1.54, 1.807) is 18.9 Å². The monoisotopic (exact) mass is 856 g/mol. The van der Waals surface area contributed by atoms with Gasteiger partial charge in [0.05, 0.1) is 67.1 Å². The Hall–Kier alpha value is -1.39. The van der Waals surface area contributed by atoms with Gasteiger partial charge in [-0.05, 0) is 86.3 Å². The van der Waals surface area contributed by atoms with Crippen LogP contribution in [0.5, 0.6) is 0 Å². The third-order valence-electron chi connectivity index (χ3n) is 15.0. The van der Waals surface area contributed by atoms with Gasteiger partial charge in [-0.15, -0.1) is 11.8 Å². The molecule has 13 heteroatoms. The lowest BCUT2D eigenvalue weighted by Crippen LogP contribution is -2.61. The third-order valence-corrected chi connectivity index (χ3v) is 16.4. The fourth-order valence-corrected chi connectivity index (χ4v) is 13.0. The summed E-state index contributed by atoms with van der Waals surface area (Å²) in [5, 5.41) is 12.0. The first-order chi connectivity index (χ1) is 28.5. The minimum Gasteiger partial charge on any atom is -0.392 e. The highest BCUT2D eigenvalue weighted by atomic mass is 35.5. The standard InChI is InChI=1S/C46H61ClO11S/c1-23-15-29-7-11-34-24(2)16-31(51-34)13-14-46-21-39-42(57-46)43-44(56-39)45(58-46)41-35(55-43)12-8-30(53-41)17-27(48)18-33-37(20-36(52-29)25(23)3)54-38(40(33)50-4)19-28(49)22-59-32-9-5-26(47)6-10-32/h5-6,9-10,23,28-31,33-45,49H,2-3,7-8,11-22H2,1,4H3/t23-,28+,29+,30-,31+,33+,34+,35+,36-,37+,38-,39+,40-,41+,42+,43?,44-,45+,46+/m1/s1. The Morgan fingerprint density at radius 1 is 0.814 bits per heavy atom. The summed E-state index contributed by atoms with van der Waals surface area (Å²) in [5.74, 6) is -0.160. The number of hydrogen-bond acceptors (Lipinski definition) is 12. The smallest absolute Gasteiger partial charge is 0.172 e. The highest BCUT2D eigenvalue weighted by molar-refractivity contribution is 7.99. The minimum absolute atomic E-state index is 0.0247. The maximum absolute atomic E-state index is 14.3. The van der Waals surface area contributed by atoms with Crippen molar-refractivity contribution in [3.8, 4) is 0 Å². The van der Waals surface area contributed by atoms with Gasteiger partial charge in [-0.3, -0.25) is 4.79 Å². The van der Waals surface area contributed by atoms with E-state index in [0.29, 0.717) is 36.5 Å². The van der Waals surface area contributed by atoms with Gasteiger partial charge in [0.2, 0.25) is 0 Å². The summed E-state index contributed by atoms with van der Waals surface area (Å²) in [5.41, 5.74) is 2.20. The third kappa shape index (κ3) is 8.30. The molecule has 1 N–H and O–H groups in total. The molecule has 11 nitrogen and oxygen atoms in total. The Kier molecular flexibility index (Phi) is 12.0. The van der Waals surface area contributed by atoms with Crippen molar-refractivity contribution in [1.82, 2.24) is 0 Å². The summed E-state index contributed by atoms with van der Waals surface area (Å²) in [4.78, 5) is 15.3. The molecule has 19 atom stereocenters. The summed E-state index contributed by atoms with van der Waals surface area (Å²) in [6, 6.07) is 7.63. The number of fused-ring (bicyclic) bond motifs is 6. The molecule has 10 fully saturated rings. The van der Waals surface area contributed by atoms with Crippen LogP contribution in [0.3, 0.4) is 0 Å². The molecule has 10 saturated heterocycles. The van der Waals surface area contributed by atoms with Crippen LogP contribution >= 0.6 is 23.4 Å². The van der Waals surface area contributed by atoms with E-state index in [4.69, 9.17) is 54.2 Å². The molecule has 0 saturated carbocycles. The Morgan fingerprint density at radius 2 is 1.56 bits per heavy atom. The average Bonchev–Trinajstić information content (AvgIpc) is 3.89. The number of carbonyl (C=O) groups excluding carboxylic acids is 1. The van der Waals surface area contributed by atoms with Crippen molar-refractivity contribution in [2.24, 2.45) is 11.8 Å². The lowest BCUT2D eigenvalue weighted by Gasteiger charge is -2.47. The van der Waals surface area contributed by atoms with Crippen LogP contribution in [0.25, 0.3) is 0 Å². The first-order valence-corrected chi connectivity index (χ1v) is 23.6. The van der Waals surface area contributed by atoms with Gasteiger partial charge in [0.15, 0.2) is 5.79 Å². The number of aliphatic hydroxyl groups excluding tert-OH is 1. The number of thioether (sulfide) groups is 1. The lowest BCUT2D eigenvalue weighted by atomic mass is 9.81. The molecule has 0 amide bonds. The molecule has 59 heavy (non-hydrogen) atoms. The molecule has 1 aromatic rings. The van der Waals surface area contributed by atoms with Crippen LogP contribution in [0.15, 0.2) is 53.5 Å². The van der Waals surface area contributed by atoms with Crippen molar-refractivity contribution in [1.29, 1.82) is 0 Å². The maximum Gasteiger partial charge on any atom is 0.172 e. The normalized spacial score (nSPS) is 47.5. The van der Waals surface area contributed by atoms with E-state index in [2.05, 4.69) is 20.1 Å². The highest BCUT2D eigenvalue weighted by Gasteiger charge is 2.68. The number of hydrogen-bond donors (Lipinski definition) is 1. The molecular weight excluding hydrogens is 796 g/mol. The number of rotatable bonds is 6. The highest BCUT2D eigenvalue weighted by Crippen LogP contribution is 2.54. The van der Waals surface area contributed by atoms with Gasteiger partial charge < -0.3 is 47.7 Å². The van der Waals surface area contributed by atoms with Crippen LogP contribution in [0.1, 0.15) is 90.4 Å². The number of halogens is 1. The largest absolute Gasteiger partial charge is 0.392 e. The molecule has 1 unspecified atom stereocenters. The molecule has 0 aromatic heterocycles. The van der Waals surface area contributed by atoms with Crippen LogP contribution in [-0.4, -0.2) is 127 Å². The van der Waals surface area contributed by atoms with Crippen molar-refractivity contribution >= 4 is 29.1 Å². The van der Waals surface area contributed by atoms with E-state index in [9.17, 15) is 9.90 Å². The van der Waals surface area contributed by atoms with E-state index in [1.165, 1.54) is 0 Å². The van der Waals surface area contributed by atoms with Gasteiger partial charge in [-0.25, -0.2) is 0 Å². The van der Waals surface area contributed by atoms with Gasteiger partial charge in [0, 0.05) is 67.2 Å². The zero-order valence-corrected chi connectivity index (χ0v) is 35.9. The van der Waals surface area contributed by atoms with E-state index < -0.39 is 18.0 Å². The van der Waals surface area contributed by atoms with Crippen LogP contribution in [0.4, 0.5) is 0 Å². The van der Waals surface area contributed by atoms with E-state index in [-0.39, 0.29) is 116 Å². The molecular formula is C46H61ClO11S. The molecule has 0 aliphatic carbocycles. The predicted octanol–water partition coefficient (Wildman–Crippen LogP) is 6.93. The van der Waals surface area contributed by atoms with Crippen LogP contribution in [0.2, 0.25) is 5.02 Å². The topological polar surface area (TPSA) is 120 Å². The average molecular weight is 858 g/mol. The van der Waals surface area contributed by atoms with Gasteiger partial charge in [0.1, 0.15) is 36.3 Å². The number of carbonyl (C=O) groups is 1. The Morgan fingerprint density at radius 3 is 2.39 bits per heavy atom. The summed E-state index contributed by atoms with van der Waals surface area (Å²) in [7, 11) is 1.69. The fourth-order valence-electron chi connectivity index (χ4n) is 12.0.